The minimum Gasteiger partial charge on any atom is -0.388 e. The largest absolute Gasteiger partial charge is 0.388 e. The summed E-state index contributed by atoms with van der Waals surface area (Å²) >= 11 is 0. The van der Waals surface area contributed by atoms with Crippen LogP contribution in [-0.2, 0) is 30.0 Å². The molecule has 0 aliphatic carbocycles. The van der Waals surface area contributed by atoms with Crippen molar-refractivity contribution in [3.63, 3.8) is 0 Å². The Kier molecular flexibility index (Phi) is 5.21. The molecule has 1 fully saturated rings. The lowest BCUT2D eigenvalue weighted by atomic mass is 9.96. The van der Waals surface area contributed by atoms with Crippen molar-refractivity contribution >= 4 is 9.84 Å². The van der Waals surface area contributed by atoms with E-state index < -0.39 is 9.84 Å². The molecule has 3 rings (SSSR count). The van der Waals surface area contributed by atoms with Crippen LogP contribution in [0.2, 0.25) is 0 Å². The number of hydrogen-bond acceptors (Lipinski definition) is 6. The zero-order valence-electron chi connectivity index (χ0n) is 14.6. The molecule has 25 heavy (non-hydrogen) atoms. The molecule has 0 amide bonds. The van der Waals surface area contributed by atoms with Crippen LogP contribution < -0.4 is 0 Å². The molecule has 2 heterocycles. The summed E-state index contributed by atoms with van der Waals surface area (Å²) in [6.07, 6.45) is 3.35. The maximum Gasteiger partial charge on any atom is 0.175 e. The fourth-order valence-electron chi connectivity index (χ4n) is 3.38. The van der Waals surface area contributed by atoms with Gasteiger partial charge in [0.2, 0.25) is 0 Å². The minimum absolute atomic E-state index is 0.105. The molecule has 0 saturated carbocycles. The SMILES string of the molecule is Cn1c(CO)nnc1[C@@H]1CCCN(Cc2ccc(S(C)(=O)=O)cc2)C1. The highest BCUT2D eigenvalue weighted by Gasteiger charge is 2.25. The maximum atomic E-state index is 11.5. The lowest BCUT2D eigenvalue weighted by Gasteiger charge is -2.32. The summed E-state index contributed by atoms with van der Waals surface area (Å²) in [6.45, 7) is 2.57. The molecule has 8 heteroatoms. The number of hydrogen-bond donors (Lipinski definition) is 1. The molecular weight excluding hydrogens is 340 g/mol. The predicted molar refractivity (Wildman–Crippen MR) is 93.7 cm³/mol. The number of likely N-dealkylation sites (tertiary alicyclic amines) is 1. The van der Waals surface area contributed by atoms with Crippen molar-refractivity contribution < 1.29 is 13.5 Å². The molecular formula is C17H24N4O3S. The van der Waals surface area contributed by atoms with Crippen molar-refractivity contribution in [2.45, 2.75) is 36.8 Å². The summed E-state index contributed by atoms with van der Waals surface area (Å²) in [6, 6.07) is 7.10. The van der Waals surface area contributed by atoms with Crippen LogP contribution in [0, 0.1) is 0 Å². The van der Waals surface area contributed by atoms with Gasteiger partial charge < -0.3 is 9.67 Å². The van der Waals surface area contributed by atoms with Gasteiger partial charge in [-0.05, 0) is 37.1 Å². The van der Waals surface area contributed by atoms with E-state index in [0.717, 1.165) is 43.9 Å². The minimum atomic E-state index is -3.15. The fourth-order valence-corrected chi connectivity index (χ4v) is 4.01. The van der Waals surface area contributed by atoms with Crippen LogP contribution in [0.25, 0.3) is 0 Å². The molecule has 1 aromatic heterocycles. The Morgan fingerprint density at radius 2 is 1.96 bits per heavy atom. The zero-order chi connectivity index (χ0) is 18.0. The number of benzene rings is 1. The molecule has 1 atom stereocenters. The van der Waals surface area contributed by atoms with Crippen LogP contribution in [-0.4, -0.2) is 52.5 Å². The lowest BCUT2D eigenvalue weighted by Crippen LogP contribution is -2.34. The Morgan fingerprint density at radius 3 is 2.56 bits per heavy atom. The van der Waals surface area contributed by atoms with E-state index in [9.17, 15) is 13.5 Å². The van der Waals surface area contributed by atoms with Crippen LogP contribution in [0.1, 0.15) is 36.0 Å². The Bertz CT molecular complexity index is 830. The van der Waals surface area contributed by atoms with Crippen LogP contribution >= 0.6 is 0 Å². The van der Waals surface area contributed by atoms with Gasteiger partial charge in [-0.3, -0.25) is 4.90 Å². The van der Waals surface area contributed by atoms with E-state index >= 15 is 0 Å². The van der Waals surface area contributed by atoms with Crippen molar-refractivity contribution in [1.82, 2.24) is 19.7 Å². The summed E-state index contributed by atoms with van der Waals surface area (Å²) < 4.78 is 25.0. The third kappa shape index (κ3) is 4.08. The van der Waals surface area contributed by atoms with Gasteiger partial charge in [-0.1, -0.05) is 12.1 Å². The van der Waals surface area contributed by atoms with E-state index in [0.29, 0.717) is 16.6 Å². The first kappa shape index (κ1) is 18.0. The highest BCUT2D eigenvalue weighted by molar-refractivity contribution is 7.90. The van der Waals surface area contributed by atoms with E-state index in [-0.39, 0.29) is 6.61 Å². The van der Waals surface area contributed by atoms with E-state index in [1.54, 1.807) is 12.1 Å². The lowest BCUT2D eigenvalue weighted by molar-refractivity contribution is 0.194. The molecule has 0 radical (unpaired) electrons. The summed E-state index contributed by atoms with van der Waals surface area (Å²) in [5.74, 6) is 1.80. The monoisotopic (exact) mass is 364 g/mol. The standard InChI is InChI=1S/C17H24N4O3S/c1-20-16(12-22)18-19-17(20)14-4-3-9-21(11-14)10-13-5-7-15(8-6-13)25(2,23)24/h5-8,14,22H,3-4,9-12H2,1-2H3/t14-/m1/s1. The predicted octanol–water partition coefficient (Wildman–Crippen LogP) is 1.09. The Labute approximate surface area is 148 Å². The second-order valence-electron chi connectivity index (χ2n) is 6.68. The highest BCUT2D eigenvalue weighted by atomic mass is 32.2. The molecule has 136 valence electrons. The van der Waals surface area contributed by atoms with Gasteiger partial charge in [-0.2, -0.15) is 0 Å². The smallest absolute Gasteiger partial charge is 0.175 e. The average Bonchev–Trinajstić information content (AvgIpc) is 2.95. The van der Waals surface area contributed by atoms with Crippen LogP contribution in [0.4, 0.5) is 0 Å². The van der Waals surface area contributed by atoms with Gasteiger partial charge in [0.1, 0.15) is 12.4 Å². The quantitative estimate of drug-likeness (QED) is 0.854. The Morgan fingerprint density at radius 1 is 1.24 bits per heavy atom. The highest BCUT2D eigenvalue weighted by Crippen LogP contribution is 2.27. The number of aliphatic hydroxyl groups is 1. The van der Waals surface area contributed by atoms with Crippen LogP contribution in [0.5, 0.6) is 0 Å². The van der Waals surface area contributed by atoms with Gasteiger partial charge in [-0.25, -0.2) is 8.42 Å². The van der Waals surface area contributed by atoms with Gasteiger partial charge in [0.25, 0.3) is 0 Å². The van der Waals surface area contributed by atoms with E-state index in [1.165, 1.54) is 6.26 Å². The Hall–Kier alpha value is -1.77. The summed E-state index contributed by atoms with van der Waals surface area (Å²) in [5.41, 5.74) is 1.10. The van der Waals surface area contributed by atoms with Crippen LogP contribution in [0.15, 0.2) is 29.2 Å². The van der Waals surface area contributed by atoms with Gasteiger partial charge >= 0.3 is 0 Å². The number of aliphatic hydroxyl groups excluding tert-OH is 1. The third-order valence-corrected chi connectivity index (χ3v) is 5.90. The molecule has 0 unspecified atom stereocenters. The van der Waals surface area contributed by atoms with E-state index in [2.05, 4.69) is 15.1 Å². The zero-order valence-corrected chi connectivity index (χ0v) is 15.4. The first-order chi connectivity index (χ1) is 11.9. The van der Waals surface area contributed by atoms with Crippen molar-refractivity contribution in [3.8, 4) is 0 Å². The van der Waals surface area contributed by atoms with Gasteiger partial charge in [0.05, 0.1) is 4.90 Å². The summed E-state index contributed by atoms with van der Waals surface area (Å²) in [4.78, 5) is 2.71. The topological polar surface area (TPSA) is 88.3 Å². The van der Waals surface area contributed by atoms with Crippen LogP contribution in [0.3, 0.4) is 0 Å². The third-order valence-electron chi connectivity index (χ3n) is 4.77. The van der Waals surface area contributed by atoms with E-state index in [4.69, 9.17) is 0 Å². The van der Waals surface area contributed by atoms with Gasteiger partial charge in [-0.15, -0.1) is 10.2 Å². The van der Waals surface area contributed by atoms with Crippen molar-refractivity contribution in [1.29, 1.82) is 0 Å². The molecule has 0 spiro atoms. The van der Waals surface area contributed by atoms with Gasteiger partial charge in [0.15, 0.2) is 15.7 Å². The molecule has 1 aliphatic heterocycles. The number of sulfone groups is 1. The molecule has 2 aromatic rings. The van der Waals surface area contributed by atoms with Crippen molar-refractivity contribution in [3.05, 3.63) is 41.5 Å². The molecule has 7 nitrogen and oxygen atoms in total. The fraction of sp³-hybridized carbons (Fsp3) is 0.529. The Balaban J connectivity index is 1.68. The number of piperidine rings is 1. The number of rotatable bonds is 5. The molecule has 0 bridgehead atoms. The van der Waals surface area contributed by atoms with E-state index in [1.807, 2.05) is 23.7 Å². The second kappa shape index (κ2) is 7.23. The summed E-state index contributed by atoms with van der Waals surface area (Å²) in [7, 11) is -1.26. The normalized spacial score (nSPS) is 19.2. The number of aromatic nitrogens is 3. The first-order valence-corrected chi connectivity index (χ1v) is 10.3. The first-order valence-electron chi connectivity index (χ1n) is 8.39. The molecule has 1 saturated heterocycles. The molecule has 1 aromatic carbocycles. The molecule has 1 N–H and O–H groups in total. The maximum absolute atomic E-state index is 11.5. The van der Waals surface area contributed by atoms with Crippen molar-refractivity contribution in [2.24, 2.45) is 7.05 Å². The number of nitrogens with zero attached hydrogens (tertiary/aromatic N) is 4. The second-order valence-corrected chi connectivity index (χ2v) is 8.70. The molecule has 1 aliphatic rings. The average molecular weight is 364 g/mol. The van der Waals surface area contributed by atoms with Gasteiger partial charge in [0, 0.05) is 32.3 Å². The van der Waals surface area contributed by atoms with Crippen molar-refractivity contribution in [2.75, 3.05) is 19.3 Å². The summed E-state index contributed by atoms with van der Waals surface area (Å²) in [5, 5.41) is 17.6.